The van der Waals surface area contributed by atoms with E-state index in [9.17, 15) is 9.59 Å². The number of piperazine rings is 1. The number of benzene rings is 1. The van der Waals surface area contributed by atoms with Gasteiger partial charge in [-0.05, 0) is 45.5 Å². The van der Waals surface area contributed by atoms with Gasteiger partial charge in [0.15, 0.2) is 17.1 Å². The van der Waals surface area contributed by atoms with E-state index in [1.807, 2.05) is 13.8 Å². The van der Waals surface area contributed by atoms with Crippen LogP contribution in [0.25, 0.3) is 16.9 Å². The number of hydrogen-bond acceptors (Lipinski definition) is 7. The Morgan fingerprint density at radius 1 is 1.18 bits per heavy atom. The van der Waals surface area contributed by atoms with Crippen molar-refractivity contribution in [3.8, 4) is 17.1 Å². The third kappa shape index (κ3) is 4.84. The number of rotatable bonds is 8. The fourth-order valence-electron chi connectivity index (χ4n) is 4.21. The number of carbonyl (C=O) groups is 1. The summed E-state index contributed by atoms with van der Waals surface area (Å²) in [6.07, 6.45) is 1.61. The van der Waals surface area contributed by atoms with Gasteiger partial charge < -0.3 is 14.6 Å². The highest BCUT2D eigenvalue weighted by Crippen LogP contribution is 2.29. The lowest BCUT2D eigenvalue weighted by Crippen LogP contribution is -2.46. The summed E-state index contributed by atoms with van der Waals surface area (Å²) in [5.41, 5.74) is 2.01. The van der Waals surface area contributed by atoms with Crippen molar-refractivity contribution in [2.24, 2.45) is 0 Å². The first-order valence-corrected chi connectivity index (χ1v) is 11.6. The van der Waals surface area contributed by atoms with Gasteiger partial charge in [0.25, 0.3) is 5.56 Å². The highest BCUT2D eigenvalue weighted by Gasteiger charge is 2.21. The van der Waals surface area contributed by atoms with Crippen LogP contribution in [-0.4, -0.2) is 81.5 Å². The maximum atomic E-state index is 13.1. The van der Waals surface area contributed by atoms with Crippen LogP contribution in [0.4, 0.5) is 0 Å². The van der Waals surface area contributed by atoms with Crippen molar-refractivity contribution in [3.05, 3.63) is 45.6 Å². The summed E-state index contributed by atoms with van der Waals surface area (Å²) in [4.78, 5) is 37.8. The van der Waals surface area contributed by atoms with Crippen molar-refractivity contribution in [1.82, 2.24) is 29.4 Å². The monoisotopic (exact) mass is 452 g/mol. The van der Waals surface area contributed by atoms with E-state index in [0.717, 1.165) is 38.4 Å². The minimum absolute atomic E-state index is 0.0393. The molecule has 1 aliphatic heterocycles. The summed E-state index contributed by atoms with van der Waals surface area (Å²) < 4.78 is 7.44. The summed E-state index contributed by atoms with van der Waals surface area (Å²) in [5.74, 6) is 1.72. The molecule has 1 aromatic carbocycles. The topological polar surface area (TPSA) is 95.8 Å². The zero-order valence-corrected chi connectivity index (χ0v) is 19.8. The van der Waals surface area contributed by atoms with Gasteiger partial charge in [0.1, 0.15) is 11.6 Å². The largest absolute Gasteiger partial charge is 0.493 e. The molecule has 0 bridgehead atoms. The smallest absolute Gasteiger partial charge is 0.277 e. The summed E-state index contributed by atoms with van der Waals surface area (Å²) in [6, 6.07) is 5.34. The zero-order valence-electron chi connectivity index (χ0n) is 19.8. The van der Waals surface area contributed by atoms with Gasteiger partial charge in [-0.15, -0.1) is 5.10 Å². The molecule has 4 rings (SSSR count). The molecule has 0 spiro atoms. The molecule has 3 heterocycles. The number of fused-ring (bicyclic) bond motifs is 1. The van der Waals surface area contributed by atoms with Gasteiger partial charge in [0, 0.05) is 38.2 Å². The molecule has 9 nitrogen and oxygen atoms in total. The summed E-state index contributed by atoms with van der Waals surface area (Å²) in [6.45, 7) is 10.3. The van der Waals surface area contributed by atoms with E-state index < -0.39 is 0 Å². The molecule has 3 aromatic rings. The number of nitrogens with one attached hydrogen (secondary N) is 1. The standard InChI is InChI=1S/C24H32N6O3/c1-5-7-21-25-16(3)22-24(32)26-23(27-30(21)22)18-14-17(8-9-20(18)33-6-2)19(31)15-29-12-10-28(4)11-13-29/h8-9,14H,5-7,10-13,15H2,1-4H3,(H,26,27,32). The molecule has 1 N–H and O–H groups in total. The second kappa shape index (κ2) is 9.84. The molecule has 0 unspecified atom stereocenters. The molecule has 0 saturated carbocycles. The Hall–Kier alpha value is -3.04. The van der Waals surface area contributed by atoms with E-state index in [0.29, 0.717) is 53.5 Å². The zero-order chi connectivity index (χ0) is 23.5. The van der Waals surface area contributed by atoms with Crippen LogP contribution in [0, 0.1) is 6.92 Å². The van der Waals surface area contributed by atoms with Crippen LogP contribution < -0.4 is 10.3 Å². The van der Waals surface area contributed by atoms with Crippen molar-refractivity contribution in [3.63, 3.8) is 0 Å². The number of aromatic amines is 1. The predicted octanol–water partition coefficient (Wildman–Crippen LogP) is 2.17. The maximum Gasteiger partial charge on any atom is 0.277 e. The number of imidazole rings is 1. The van der Waals surface area contributed by atoms with E-state index in [4.69, 9.17) is 9.84 Å². The Balaban J connectivity index is 1.73. The summed E-state index contributed by atoms with van der Waals surface area (Å²) in [5, 5.41) is 4.70. The van der Waals surface area contributed by atoms with Crippen LogP contribution in [0.1, 0.15) is 42.1 Å². The van der Waals surface area contributed by atoms with Gasteiger partial charge in [-0.2, -0.15) is 0 Å². The normalized spacial score (nSPS) is 15.3. The van der Waals surface area contributed by atoms with Crippen molar-refractivity contribution in [2.75, 3.05) is 46.4 Å². The molecule has 0 aliphatic carbocycles. The van der Waals surface area contributed by atoms with Gasteiger partial charge >= 0.3 is 0 Å². The first-order chi connectivity index (χ1) is 15.9. The summed E-state index contributed by atoms with van der Waals surface area (Å²) in [7, 11) is 2.09. The van der Waals surface area contributed by atoms with Gasteiger partial charge in [-0.3, -0.25) is 14.5 Å². The number of Topliss-reactive ketones (excluding diaryl/α,β-unsaturated/α-hetero) is 1. The van der Waals surface area contributed by atoms with Crippen LogP contribution in [0.5, 0.6) is 5.75 Å². The molecule has 0 atom stereocenters. The quantitative estimate of drug-likeness (QED) is 0.523. The van der Waals surface area contributed by atoms with E-state index in [1.165, 1.54) is 0 Å². The highest BCUT2D eigenvalue weighted by molar-refractivity contribution is 5.99. The molecule has 176 valence electrons. The lowest BCUT2D eigenvalue weighted by molar-refractivity contribution is 0.0876. The molecule has 1 saturated heterocycles. The van der Waals surface area contributed by atoms with Gasteiger partial charge in [0.05, 0.1) is 24.4 Å². The summed E-state index contributed by atoms with van der Waals surface area (Å²) >= 11 is 0. The molecule has 2 aromatic heterocycles. The number of ether oxygens (including phenoxy) is 1. The van der Waals surface area contributed by atoms with Crippen molar-refractivity contribution >= 4 is 11.3 Å². The second-order valence-electron chi connectivity index (χ2n) is 8.57. The minimum atomic E-state index is -0.260. The van der Waals surface area contributed by atoms with E-state index in [-0.39, 0.29) is 11.3 Å². The van der Waals surface area contributed by atoms with Crippen LogP contribution in [-0.2, 0) is 6.42 Å². The number of likely N-dealkylation sites (N-methyl/N-ethyl adjacent to an activating group) is 1. The third-order valence-electron chi connectivity index (χ3n) is 6.04. The Bertz CT molecular complexity index is 1210. The molecule has 0 radical (unpaired) electrons. The molecule has 1 fully saturated rings. The molecular formula is C24H32N6O3. The maximum absolute atomic E-state index is 13.1. The lowest BCUT2D eigenvalue weighted by atomic mass is 10.0. The average molecular weight is 453 g/mol. The number of carbonyl (C=O) groups excluding carboxylic acids is 1. The minimum Gasteiger partial charge on any atom is -0.493 e. The van der Waals surface area contributed by atoms with Gasteiger partial charge in [-0.25, -0.2) is 9.50 Å². The number of nitrogens with zero attached hydrogens (tertiary/aromatic N) is 5. The molecule has 0 amide bonds. The van der Waals surface area contributed by atoms with Gasteiger partial charge in [-0.1, -0.05) is 6.92 Å². The Labute approximate surface area is 193 Å². The first-order valence-electron chi connectivity index (χ1n) is 11.6. The van der Waals surface area contributed by atoms with Crippen molar-refractivity contribution in [2.45, 2.75) is 33.6 Å². The number of aromatic nitrogens is 4. The van der Waals surface area contributed by atoms with Crippen molar-refractivity contribution in [1.29, 1.82) is 0 Å². The Morgan fingerprint density at radius 2 is 1.94 bits per heavy atom. The molecular weight excluding hydrogens is 420 g/mol. The highest BCUT2D eigenvalue weighted by atomic mass is 16.5. The number of aryl methyl sites for hydroxylation is 2. The van der Waals surface area contributed by atoms with Crippen molar-refractivity contribution < 1.29 is 9.53 Å². The molecule has 33 heavy (non-hydrogen) atoms. The number of ketones is 1. The van der Waals surface area contributed by atoms with E-state index in [1.54, 1.807) is 22.7 Å². The van der Waals surface area contributed by atoms with Crippen LogP contribution in [0.3, 0.4) is 0 Å². The predicted molar refractivity (Wildman–Crippen MR) is 127 cm³/mol. The molecule has 9 heteroatoms. The lowest BCUT2D eigenvalue weighted by Gasteiger charge is -2.31. The van der Waals surface area contributed by atoms with E-state index in [2.05, 4.69) is 33.7 Å². The number of hydrogen-bond donors (Lipinski definition) is 1. The fraction of sp³-hybridized carbons (Fsp3) is 0.500. The third-order valence-corrected chi connectivity index (χ3v) is 6.04. The van der Waals surface area contributed by atoms with E-state index >= 15 is 0 Å². The first kappa shape index (κ1) is 23.1. The SMILES string of the molecule is CCCc1nc(C)c2c(=O)[nH]c(-c3cc(C(=O)CN4CCN(C)CC4)ccc3OCC)nn12. The number of H-pyrrole nitrogens is 1. The average Bonchev–Trinajstić information content (AvgIpc) is 3.11. The Morgan fingerprint density at radius 3 is 2.64 bits per heavy atom. The van der Waals surface area contributed by atoms with Crippen LogP contribution in [0.2, 0.25) is 0 Å². The van der Waals surface area contributed by atoms with Crippen LogP contribution >= 0.6 is 0 Å². The molecule has 1 aliphatic rings. The Kier molecular flexibility index (Phi) is 6.90. The fourth-order valence-corrected chi connectivity index (χ4v) is 4.21. The van der Waals surface area contributed by atoms with Gasteiger partial charge in [0.2, 0.25) is 0 Å². The second-order valence-corrected chi connectivity index (χ2v) is 8.57. The van der Waals surface area contributed by atoms with Crippen LogP contribution in [0.15, 0.2) is 23.0 Å².